The van der Waals surface area contributed by atoms with Crippen LogP contribution in [0.3, 0.4) is 0 Å². The first-order valence-electron chi connectivity index (χ1n) is 7.52. The highest BCUT2D eigenvalue weighted by atomic mass is 79.9. The Hall–Kier alpha value is -0.540. The number of anilines is 1. The lowest BCUT2D eigenvalue weighted by Crippen LogP contribution is -2.28. The summed E-state index contributed by atoms with van der Waals surface area (Å²) in [5.74, 6) is 0. The van der Waals surface area contributed by atoms with E-state index < -0.39 is 0 Å². The molecule has 1 saturated carbocycles. The molecule has 1 aliphatic rings. The number of benzene rings is 1. The maximum absolute atomic E-state index is 3.60. The molecular weight excluding hydrogens is 300 g/mol. The van der Waals surface area contributed by atoms with Gasteiger partial charge in [-0.15, -0.1) is 0 Å². The lowest BCUT2D eigenvalue weighted by atomic mass is 10.1. The lowest BCUT2D eigenvalue weighted by molar-refractivity contribution is 0.692. The number of unbranched alkanes of at least 4 members (excludes halogenated alkanes) is 1. The molecule has 1 aliphatic carbocycles. The summed E-state index contributed by atoms with van der Waals surface area (Å²) >= 11 is 3.60. The minimum absolute atomic E-state index is 0.785. The molecule has 0 saturated heterocycles. The Bertz CT molecular complexity index is 402. The Morgan fingerprint density at radius 1 is 1.32 bits per heavy atom. The summed E-state index contributed by atoms with van der Waals surface area (Å²) in [5, 5.41) is 3.45. The first-order valence-corrected chi connectivity index (χ1v) is 8.31. The monoisotopic (exact) mass is 324 g/mol. The molecule has 1 aromatic carbocycles. The summed E-state index contributed by atoms with van der Waals surface area (Å²) in [6, 6.07) is 7.50. The van der Waals surface area contributed by atoms with Gasteiger partial charge in [0.05, 0.1) is 0 Å². The normalized spacial score (nSPS) is 14.7. The lowest BCUT2D eigenvalue weighted by Gasteiger charge is -2.27. The van der Waals surface area contributed by atoms with Crippen molar-refractivity contribution in [1.29, 1.82) is 0 Å². The molecule has 19 heavy (non-hydrogen) atoms. The largest absolute Gasteiger partial charge is 0.368 e. The molecule has 0 atom stereocenters. The quantitative estimate of drug-likeness (QED) is 0.765. The Balaban J connectivity index is 2.18. The Morgan fingerprint density at radius 2 is 2.11 bits per heavy atom. The van der Waals surface area contributed by atoms with Crippen LogP contribution in [-0.2, 0) is 6.54 Å². The van der Waals surface area contributed by atoms with Crippen molar-refractivity contribution in [3.05, 3.63) is 28.2 Å². The van der Waals surface area contributed by atoms with Gasteiger partial charge in [0, 0.05) is 29.3 Å². The van der Waals surface area contributed by atoms with Crippen molar-refractivity contribution in [1.82, 2.24) is 5.32 Å². The second-order valence-electron chi connectivity index (χ2n) is 5.33. The third-order valence-electron chi connectivity index (χ3n) is 3.66. The van der Waals surface area contributed by atoms with E-state index in [0.717, 1.165) is 19.1 Å². The van der Waals surface area contributed by atoms with Crippen molar-refractivity contribution in [3.8, 4) is 0 Å². The third kappa shape index (κ3) is 4.22. The van der Waals surface area contributed by atoms with E-state index in [4.69, 9.17) is 0 Å². The maximum atomic E-state index is 3.60. The van der Waals surface area contributed by atoms with Crippen molar-refractivity contribution in [2.45, 2.75) is 52.1 Å². The first kappa shape index (κ1) is 14.9. The van der Waals surface area contributed by atoms with Crippen LogP contribution in [0.15, 0.2) is 22.7 Å². The predicted octanol–water partition coefficient (Wildman–Crippen LogP) is 4.33. The molecule has 0 unspecified atom stereocenters. The van der Waals surface area contributed by atoms with Crippen molar-refractivity contribution < 1.29 is 0 Å². The van der Waals surface area contributed by atoms with Crippen LogP contribution in [0, 0.1) is 0 Å². The molecule has 0 heterocycles. The fourth-order valence-electron chi connectivity index (χ4n) is 2.45. The van der Waals surface area contributed by atoms with Crippen molar-refractivity contribution in [2.75, 3.05) is 18.0 Å². The van der Waals surface area contributed by atoms with Crippen LogP contribution in [0.1, 0.15) is 45.1 Å². The number of nitrogens with one attached hydrogen (secondary N) is 1. The number of hydrogen-bond donors (Lipinski definition) is 1. The molecule has 0 aromatic heterocycles. The average Bonchev–Trinajstić information content (AvgIpc) is 3.23. The van der Waals surface area contributed by atoms with E-state index >= 15 is 0 Å². The van der Waals surface area contributed by atoms with Gasteiger partial charge in [0.2, 0.25) is 0 Å². The molecule has 2 rings (SSSR count). The summed E-state index contributed by atoms with van der Waals surface area (Å²) in [4.78, 5) is 2.63. The molecule has 106 valence electrons. The molecule has 1 fully saturated rings. The SMILES string of the molecule is CCCCN(c1ccc(Br)cc1CNCC)C1CC1. The van der Waals surface area contributed by atoms with Crippen LogP contribution >= 0.6 is 15.9 Å². The fraction of sp³-hybridized carbons (Fsp3) is 0.625. The van der Waals surface area contributed by atoms with E-state index in [2.05, 4.69) is 58.2 Å². The fourth-order valence-corrected chi connectivity index (χ4v) is 2.86. The Kier molecular flexibility index (Phi) is 5.71. The zero-order valence-electron chi connectivity index (χ0n) is 12.1. The van der Waals surface area contributed by atoms with Crippen LogP contribution < -0.4 is 10.2 Å². The minimum Gasteiger partial charge on any atom is -0.368 e. The molecule has 1 N–H and O–H groups in total. The van der Waals surface area contributed by atoms with Gasteiger partial charge >= 0.3 is 0 Å². The number of hydrogen-bond acceptors (Lipinski definition) is 2. The number of halogens is 1. The van der Waals surface area contributed by atoms with Crippen molar-refractivity contribution >= 4 is 21.6 Å². The molecule has 0 bridgehead atoms. The standard InChI is InChI=1S/C16H25BrN2/c1-3-5-10-19(15-7-8-15)16-9-6-14(17)11-13(16)12-18-4-2/h6,9,11,15,18H,3-5,7-8,10,12H2,1-2H3. The van der Waals surface area contributed by atoms with Gasteiger partial charge in [0.1, 0.15) is 0 Å². The van der Waals surface area contributed by atoms with Gasteiger partial charge in [-0.1, -0.05) is 36.2 Å². The van der Waals surface area contributed by atoms with Crippen molar-refractivity contribution in [3.63, 3.8) is 0 Å². The van der Waals surface area contributed by atoms with Crippen LogP contribution in [-0.4, -0.2) is 19.1 Å². The van der Waals surface area contributed by atoms with Crippen LogP contribution in [0.2, 0.25) is 0 Å². The van der Waals surface area contributed by atoms with Gasteiger partial charge in [-0.05, 0) is 49.6 Å². The van der Waals surface area contributed by atoms with Gasteiger partial charge < -0.3 is 10.2 Å². The molecule has 0 radical (unpaired) electrons. The first-order chi connectivity index (χ1) is 9.26. The van der Waals surface area contributed by atoms with Gasteiger partial charge in [0.15, 0.2) is 0 Å². The highest BCUT2D eigenvalue weighted by molar-refractivity contribution is 9.10. The smallest absolute Gasteiger partial charge is 0.0415 e. The Morgan fingerprint density at radius 3 is 2.74 bits per heavy atom. The van der Waals surface area contributed by atoms with Crippen LogP contribution in [0.25, 0.3) is 0 Å². The predicted molar refractivity (Wildman–Crippen MR) is 86.8 cm³/mol. The zero-order valence-corrected chi connectivity index (χ0v) is 13.7. The zero-order chi connectivity index (χ0) is 13.7. The topological polar surface area (TPSA) is 15.3 Å². The van der Waals surface area contributed by atoms with E-state index in [1.54, 1.807) is 0 Å². The van der Waals surface area contributed by atoms with Gasteiger partial charge in [-0.25, -0.2) is 0 Å². The Labute approximate surface area is 125 Å². The van der Waals surface area contributed by atoms with Gasteiger partial charge in [-0.3, -0.25) is 0 Å². The second-order valence-corrected chi connectivity index (χ2v) is 6.25. The molecule has 1 aromatic rings. The van der Waals surface area contributed by atoms with E-state index in [-0.39, 0.29) is 0 Å². The minimum atomic E-state index is 0.785. The summed E-state index contributed by atoms with van der Waals surface area (Å²) < 4.78 is 1.18. The molecule has 0 amide bonds. The molecular formula is C16H25BrN2. The number of nitrogens with zero attached hydrogens (tertiary/aromatic N) is 1. The molecule has 0 spiro atoms. The summed E-state index contributed by atoms with van der Waals surface area (Å²) in [6.07, 6.45) is 5.27. The summed E-state index contributed by atoms with van der Waals surface area (Å²) in [5.41, 5.74) is 2.85. The molecule has 0 aliphatic heterocycles. The van der Waals surface area contributed by atoms with Gasteiger partial charge in [0.25, 0.3) is 0 Å². The maximum Gasteiger partial charge on any atom is 0.0415 e. The molecule has 3 heteroatoms. The molecule has 2 nitrogen and oxygen atoms in total. The number of rotatable bonds is 8. The second kappa shape index (κ2) is 7.30. The van der Waals surface area contributed by atoms with Crippen LogP contribution in [0.4, 0.5) is 5.69 Å². The van der Waals surface area contributed by atoms with E-state index in [0.29, 0.717) is 0 Å². The third-order valence-corrected chi connectivity index (χ3v) is 4.15. The summed E-state index contributed by atoms with van der Waals surface area (Å²) in [7, 11) is 0. The summed E-state index contributed by atoms with van der Waals surface area (Å²) in [6.45, 7) is 7.60. The van der Waals surface area contributed by atoms with Crippen molar-refractivity contribution in [2.24, 2.45) is 0 Å². The average molecular weight is 325 g/mol. The highest BCUT2D eigenvalue weighted by Crippen LogP contribution is 2.35. The van der Waals surface area contributed by atoms with Gasteiger partial charge in [-0.2, -0.15) is 0 Å². The van der Waals surface area contributed by atoms with E-state index in [1.165, 1.54) is 48.0 Å². The van der Waals surface area contributed by atoms with Crippen LogP contribution in [0.5, 0.6) is 0 Å². The highest BCUT2D eigenvalue weighted by Gasteiger charge is 2.29. The van der Waals surface area contributed by atoms with E-state index in [1.807, 2.05) is 0 Å². The van der Waals surface area contributed by atoms with E-state index in [9.17, 15) is 0 Å².